The van der Waals surface area contributed by atoms with Gasteiger partial charge in [-0.3, -0.25) is 4.79 Å². The van der Waals surface area contributed by atoms with Gasteiger partial charge in [-0.25, -0.2) is 0 Å². The van der Waals surface area contributed by atoms with Crippen molar-refractivity contribution in [3.8, 4) is 0 Å². The summed E-state index contributed by atoms with van der Waals surface area (Å²) in [6.45, 7) is 16.6. The summed E-state index contributed by atoms with van der Waals surface area (Å²) < 4.78 is 0. The first-order chi connectivity index (χ1) is 16.0. The Balaban J connectivity index is 1.59. The summed E-state index contributed by atoms with van der Waals surface area (Å²) in [4.78, 5) is 12.1. The maximum absolute atomic E-state index is 12.1. The van der Waals surface area contributed by atoms with Gasteiger partial charge in [0.1, 0.15) is 0 Å². The average molecular weight is 487 g/mol. The highest BCUT2D eigenvalue weighted by molar-refractivity contribution is 5.68. The second-order valence-electron chi connectivity index (χ2n) is 15.7. The molecule has 0 bridgehead atoms. The molecule has 1 unspecified atom stereocenters. The third kappa shape index (κ3) is 3.33. The molecule has 0 spiro atoms. The Morgan fingerprint density at radius 2 is 1.57 bits per heavy atom. The minimum absolute atomic E-state index is 0.0123. The molecule has 0 aliphatic heterocycles. The Kier molecular flexibility index (Phi) is 5.59. The Hall–Kier alpha value is -0.870. The molecule has 0 aromatic heterocycles. The van der Waals surface area contributed by atoms with Gasteiger partial charge < -0.3 is 15.3 Å². The van der Waals surface area contributed by atoms with Crippen molar-refractivity contribution >= 4 is 5.97 Å². The van der Waals surface area contributed by atoms with Gasteiger partial charge in [-0.15, -0.1) is 0 Å². The number of hydrogen-bond acceptors (Lipinski definition) is 3. The van der Waals surface area contributed by atoms with Crippen molar-refractivity contribution in [2.24, 2.45) is 50.2 Å². The smallest absolute Gasteiger partial charge is 0.303 e. The van der Waals surface area contributed by atoms with Crippen LogP contribution in [-0.4, -0.2) is 33.5 Å². The Labute approximate surface area is 213 Å². The molecule has 0 saturated heterocycles. The van der Waals surface area contributed by atoms with E-state index in [0.29, 0.717) is 30.6 Å². The third-order valence-electron chi connectivity index (χ3n) is 13.3. The van der Waals surface area contributed by atoms with Crippen molar-refractivity contribution in [1.29, 1.82) is 0 Å². The highest BCUT2D eigenvalue weighted by Gasteiger charge is 2.69. The molecule has 0 radical (unpaired) electrons. The van der Waals surface area contributed by atoms with Crippen molar-refractivity contribution in [1.82, 2.24) is 0 Å². The number of allylic oxidation sites excluding steroid dienone is 2. The van der Waals surface area contributed by atoms with Crippen LogP contribution in [-0.2, 0) is 4.79 Å². The lowest BCUT2D eigenvalue weighted by atomic mass is 9.33. The van der Waals surface area contributed by atoms with Crippen LogP contribution in [0.4, 0.5) is 0 Å². The van der Waals surface area contributed by atoms with Gasteiger partial charge in [0.2, 0.25) is 0 Å². The van der Waals surface area contributed by atoms with E-state index in [4.69, 9.17) is 0 Å². The Morgan fingerprint density at radius 3 is 2.23 bits per heavy atom. The summed E-state index contributed by atoms with van der Waals surface area (Å²) >= 11 is 0. The lowest BCUT2D eigenvalue weighted by Crippen LogP contribution is -2.66. The second kappa shape index (κ2) is 7.59. The predicted octanol–water partition coefficient (Wildman–Crippen LogP) is 6.59. The highest BCUT2D eigenvalue weighted by atomic mass is 16.4. The van der Waals surface area contributed by atoms with Crippen LogP contribution in [0.5, 0.6) is 0 Å². The molecule has 4 nitrogen and oxygen atoms in total. The summed E-state index contributed by atoms with van der Waals surface area (Å²) in [7, 11) is 0. The lowest BCUT2D eigenvalue weighted by molar-refractivity contribution is -0.231. The van der Waals surface area contributed by atoms with Gasteiger partial charge in [-0.05, 0) is 108 Å². The third-order valence-corrected chi connectivity index (χ3v) is 13.3. The van der Waals surface area contributed by atoms with E-state index in [2.05, 4.69) is 54.5 Å². The van der Waals surface area contributed by atoms with E-state index >= 15 is 0 Å². The van der Waals surface area contributed by atoms with Gasteiger partial charge in [-0.1, -0.05) is 60.1 Å². The zero-order chi connectivity index (χ0) is 25.8. The fourth-order valence-corrected chi connectivity index (χ4v) is 11.1. The SMILES string of the molecule is CC1(C)CC[C@]2(CC(=O)O)CC[C@]3(C)C(=CC[C@@H]4[C@@]5(C)C[C@@H](O)[C@H](O)C(C)(C)C5CC[C@]43C)[C@H]2C1. The number of carbonyl (C=O) groups is 1. The van der Waals surface area contributed by atoms with Crippen LogP contribution in [0, 0.1) is 50.2 Å². The highest BCUT2D eigenvalue weighted by Crippen LogP contribution is 2.76. The summed E-state index contributed by atoms with van der Waals surface area (Å²) in [5.41, 5.74) is 1.61. The number of fused-ring (bicyclic) bond motifs is 7. The topological polar surface area (TPSA) is 77.8 Å². The molecule has 0 aromatic rings. The number of carboxylic acid groups (broad SMARTS) is 1. The zero-order valence-corrected chi connectivity index (χ0v) is 23.3. The minimum Gasteiger partial charge on any atom is -0.481 e. The molecule has 4 heteroatoms. The molecular formula is C31H50O4. The van der Waals surface area contributed by atoms with Crippen LogP contribution >= 0.6 is 0 Å². The quantitative estimate of drug-likeness (QED) is 0.385. The molecule has 5 rings (SSSR count). The molecule has 0 aromatic carbocycles. The van der Waals surface area contributed by atoms with Gasteiger partial charge in [-0.2, -0.15) is 0 Å². The fraction of sp³-hybridized carbons (Fsp3) is 0.903. The molecule has 35 heavy (non-hydrogen) atoms. The molecular weight excluding hydrogens is 436 g/mol. The van der Waals surface area contributed by atoms with Crippen LogP contribution in [0.15, 0.2) is 11.6 Å². The number of aliphatic carboxylic acids is 1. The Morgan fingerprint density at radius 1 is 0.914 bits per heavy atom. The first-order valence-electron chi connectivity index (χ1n) is 14.3. The molecule has 4 saturated carbocycles. The van der Waals surface area contributed by atoms with E-state index in [1.165, 1.54) is 0 Å². The van der Waals surface area contributed by atoms with Crippen LogP contribution in [0.1, 0.15) is 113 Å². The van der Waals surface area contributed by atoms with Crippen LogP contribution in [0.2, 0.25) is 0 Å². The summed E-state index contributed by atoms with van der Waals surface area (Å²) in [5.74, 6) is 0.587. The van der Waals surface area contributed by atoms with E-state index in [9.17, 15) is 20.1 Å². The van der Waals surface area contributed by atoms with E-state index in [-0.39, 0.29) is 32.5 Å². The summed E-state index contributed by atoms with van der Waals surface area (Å²) in [5, 5.41) is 31.8. The van der Waals surface area contributed by atoms with Crippen molar-refractivity contribution in [3.05, 3.63) is 11.6 Å². The van der Waals surface area contributed by atoms with Crippen molar-refractivity contribution in [2.45, 2.75) is 125 Å². The standard InChI is InChI=1S/C31H50O4/c1-26(2)12-14-31(18-24(33)34)15-13-29(6)19(20(31)16-26)8-9-23-28(5)17-21(32)25(35)27(3,4)22(28)10-11-30(23,29)7/h8,20-23,25,32,35H,9-18H2,1-7H3,(H,33,34)/t20-,21-,22?,23-,25+,28+,29-,30-,31-/m1/s1. The number of hydrogen-bond donors (Lipinski definition) is 3. The summed E-state index contributed by atoms with van der Waals surface area (Å²) in [6, 6.07) is 0. The van der Waals surface area contributed by atoms with Gasteiger partial charge in [0, 0.05) is 0 Å². The molecule has 3 N–H and O–H groups in total. The first kappa shape index (κ1) is 25.8. The largest absolute Gasteiger partial charge is 0.481 e. The predicted molar refractivity (Wildman–Crippen MR) is 139 cm³/mol. The van der Waals surface area contributed by atoms with Gasteiger partial charge in [0.05, 0.1) is 18.6 Å². The second-order valence-corrected chi connectivity index (χ2v) is 15.7. The molecule has 4 fully saturated rings. The molecule has 198 valence electrons. The number of carboxylic acids is 1. The Bertz CT molecular complexity index is 934. The van der Waals surface area contributed by atoms with Crippen molar-refractivity contribution in [3.63, 3.8) is 0 Å². The van der Waals surface area contributed by atoms with Gasteiger partial charge in [0.15, 0.2) is 0 Å². The zero-order valence-electron chi connectivity index (χ0n) is 23.3. The van der Waals surface area contributed by atoms with E-state index < -0.39 is 18.2 Å². The van der Waals surface area contributed by atoms with Crippen molar-refractivity contribution in [2.75, 3.05) is 0 Å². The van der Waals surface area contributed by atoms with E-state index in [1.807, 2.05) is 0 Å². The normalized spacial score (nSPS) is 52.3. The maximum atomic E-state index is 12.1. The van der Waals surface area contributed by atoms with E-state index in [0.717, 1.165) is 51.4 Å². The fourth-order valence-electron chi connectivity index (χ4n) is 11.1. The molecule has 9 atom stereocenters. The lowest BCUT2D eigenvalue weighted by Gasteiger charge is -2.71. The van der Waals surface area contributed by atoms with Crippen molar-refractivity contribution < 1.29 is 20.1 Å². The number of aliphatic hydroxyl groups is 2. The molecule has 5 aliphatic rings. The van der Waals surface area contributed by atoms with Crippen LogP contribution in [0.25, 0.3) is 0 Å². The molecule has 5 aliphatic carbocycles. The number of rotatable bonds is 2. The average Bonchev–Trinajstić information content (AvgIpc) is 2.73. The molecule has 0 amide bonds. The van der Waals surface area contributed by atoms with Gasteiger partial charge in [0.25, 0.3) is 0 Å². The minimum atomic E-state index is -0.666. The van der Waals surface area contributed by atoms with E-state index in [1.54, 1.807) is 5.57 Å². The summed E-state index contributed by atoms with van der Waals surface area (Å²) in [6.07, 6.45) is 10.8. The monoisotopic (exact) mass is 486 g/mol. The van der Waals surface area contributed by atoms with Crippen LogP contribution in [0.3, 0.4) is 0 Å². The number of aliphatic hydroxyl groups excluding tert-OH is 2. The molecule has 0 heterocycles. The van der Waals surface area contributed by atoms with Crippen LogP contribution < -0.4 is 0 Å². The first-order valence-corrected chi connectivity index (χ1v) is 14.3. The van der Waals surface area contributed by atoms with Gasteiger partial charge >= 0.3 is 5.97 Å². The maximum Gasteiger partial charge on any atom is 0.303 e.